The quantitative estimate of drug-likeness (QED) is 0.473. The summed E-state index contributed by atoms with van der Waals surface area (Å²) >= 11 is 1.50. The van der Waals surface area contributed by atoms with E-state index in [0.29, 0.717) is 30.4 Å². The van der Waals surface area contributed by atoms with Crippen LogP contribution in [0.15, 0.2) is 56.5 Å². The molecule has 4 rings (SSSR count). The summed E-state index contributed by atoms with van der Waals surface area (Å²) in [6.07, 6.45) is 1.83. The van der Waals surface area contributed by atoms with E-state index in [-0.39, 0.29) is 24.0 Å². The second-order valence-electron chi connectivity index (χ2n) is 9.22. The van der Waals surface area contributed by atoms with E-state index < -0.39 is 24.4 Å². The minimum absolute atomic E-state index is 0.00276. The van der Waals surface area contributed by atoms with Crippen molar-refractivity contribution in [3.8, 4) is 0 Å². The van der Waals surface area contributed by atoms with Crippen LogP contribution < -0.4 is 0 Å². The van der Waals surface area contributed by atoms with Crippen LogP contribution in [0.1, 0.15) is 39.5 Å². The molecule has 2 aromatic rings. The second-order valence-corrected chi connectivity index (χ2v) is 10.3. The van der Waals surface area contributed by atoms with Crippen LogP contribution in [-0.2, 0) is 9.47 Å². The zero-order valence-corrected chi connectivity index (χ0v) is 20.0. The second kappa shape index (κ2) is 10.7. The van der Waals surface area contributed by atoms with E-state index in [9.17, 15) is 15.3 Å². The van der Waals surface area contributed by atoms with Gasteiger partial charge in [-0.15, -0.1) is 0 Å². The van der Waals surface area contributed by atoms with E-state index in [0.717, 1.165) is 10.5 Å². The van der Waals surface area contributed by atoms with Crippen LogP contribution in [0, 0.1) is 11.8 Å². The molecule has 0 bridgehead atoms. The number of oxazole rings is 1. The van der Waals surface area contributed by atoms with E-state index in [4.69, 9.17) is 13.9 Å². The molecule has 7 nitrogen and oxygen atoms in total. The molecule has 8 heteroatoms. The number of aliphatic hydroxyl groups excluding tert-OH is 3. The lowest BCUT2D eigenvalue weighted by molar-refractivity contribution is -0.165. The molecule has 1 aromatic heterocycles. The summed E-state index contributed by atoms with van der Waals surface area (Å²) in [4.78, 5) is 5.39. The molecule has 33 heavy (non-hydrogen) atoms. The van der Waals surface area contributed by atoms with Gasteiger partial charge in [-0.1, -0.05) is 42.5 Å². The van der Waals surface area contributed by atoms with Crippen LogP contribution in [0.5, 0.6) is 0 Å². The maximum Gasteiger partial charge on any atom is 0.220 e. The SMILES string of the molecule is C/C(=C\c1ncc(Sc2ccccc2)o1)C[C@@H]1OC[C@H](C[C@@H]2O[C@H]2[C@@H](C)[C@H](C)O)[C@@H](O)[C@H]1O. The predicted octanol–water partition coefficient (Wildman–Crippen LogP) is 3.53. The van der Waals surface area contributed by atoms with Crippen molar-refractivity contribution >= 4 is 17.8 Å². The normalized spacial score (nSPS) is 31.9. The molecule has 1 aromatic carbocycles. The summed E-state index contributed by atoms with van der Waals surface area (Å²) < 4.78 is 17.4. The number of hydrogen-bond donors (Lipinski definition) is 3. The van der Waals surface area contributed by atoms with Crippen molar-refractivity contribution in [2.45, 2.75) is 80.2 Å². The van der Waals surface area contributed by atoms with Gasteiger partial charge in [0, 0.05) is 16.7 Å². The average Bonchev–Trinajstić information content (AvgIpc) is 3.43. The predicted molar refractivity (Wildman–Crippen MR) is 125 cm³/mol. The third kappa shape index (κ3) is 6.26. The minimum Gasteiger partial charge on any atom is -0.430 e. The van der Waals surface area contributed by atoms with Crippen molar-refractivity contribution in [1.29, 1.82) is 0 Å². The Hall–Kier alpha value is -1.68. The third-order valence-electron chi connectivity index (χ3n) is 6.53. The number of aliphatic hydroxyl groups is 3. The van der Waals surface area contributed by atoms with Gasteiger partial charge in [0.2, 0.25) is 5.89 Å². The van der Waals surface area contributed by atoms with Gasteiger partial charge in [-0.05, 0) is 44.9 Å². The van der Waals surface area contributed by atoms with E-state index in [2.05, 4.69) is 4.98 Å². The highest BCUT2D eigenvalue weighted by molar-refractivity contribution is 7.99. The third-order valence-corrected chi connectivity index (χ3v) is 7.43. The van der Waals surface area contributed by atoms with Crippen LogP contribution >= 0.6 is 11.8 Å². The summed E-state index contributed by atoms with van der Waals surface area (Å²) in [6.45, 7) is 6.01. The number of ether oxygens (including phenoxy) is 2. The zero-order valence-electron chi connectivity index (χ0n) is 19.2. The molecule has 3 heterocycles. The van der Waals surface area contributed by atoms with Crippen molar-refractivity contribution in [3.05, 3.63) is 48.0 Å². The summed E-state index contributed by atoms with van der Waals surface area (Å²) in [5.41, 5.74) is 0.944. The number of benzene rings is 1. The Morgan fingerprint density at radius 1 is 1.18 bits per heavy atom. The molecule has 2 aliphatic heterocycles. The maximum atomic E-state index is 10.7. The van der Waals surface area contributed by atoms with Crippen LogP contribution in [-0.4, -0.2) is 63.5 Å². The Morgan fingerprint density at radius 3 is 2.67 bits per heavy atom. The van der Waals surface area contributed by atoms with Crippen LogP contribution in [0.4, 0.5) is 0 Å². The molecule has 2 aliphatic rings. The van der Waals surface area contributed by atoms with Gasteiger partial charge in [-0.25, -0.2) is 4.98 Å². The lowest BCUT2D eigenvalue weighted by atomic mass is 9.85. The first-order valence-electron chi connectivity index (χ1n) is 11.5. The molecule has 180 valence electrons. The maximum absolute atomic E-state index is 10.7. The van der Waals surface area contributed by atoms with Crippen molar-refractivity contribution in [2.24, 2.45) is 11.8 Å². The number of aromatic nitrogens is 1. The van der Waals surface area contributed by atoms with Gasteiger partial charge in [-0.3, -0.25) is 0 Å². The number of epoxide rings is 1. The highest BCUT2D eigenvalue weighted by atomic mass is 32.2. The molecular weight excluding hydrogens is 442 g/mol. The largest absolute Gasteiger partial charge is 0.430 e. The highest BCUT2D eigenvalue weighted by Crippen LogP contribution is 2.38. The Kier molecular flexibility index (Phi) is 7.94. The fourth-order valence-corrected chi connectivity index (χ4v) is 5.05. The Morgan fingerprint density at radius 2 is 1.94 bits per heavy atom. The van der Waals surface area contributed by atoms with E-state index in [1.54, 1.807) is 13.1 Å². The van der Waals surface area contributed by atoms with Crippen LogP contribution in [0.3, 0.4) is 0 Å². The van der Waals surface area contributed by atoms with Crippen molar-refractivity contribution < 1.29 is 29.2 Å². The van der Waals surface area contributed by atoms with Gasteiger partial charge in [0.05, 0.1) is 43.3 Å². The summed E-state index contributed by atoms with van der Waals surface area (Å²) in [7, 11) is 0. The van der Waals surface area contributed by atoms with Crippen molar-refractivity contribution in [1.82, 2.24) is 4.98 Å². The minimum atomic E-state index is -0.979. The molecule has 0 radical (unpaired) electrons. The zero-order chi connectivity index (χ0) is 23.5. The van der Waals surface area contributed by atoms with Gasteiger partial charge in [0.25, 0.3) is 0 Å². The summed E-state index contributed by atoms with van der Waals surface area (Å²) in [5.74, 6) is 0.351. The fraction of sp³-hybridized carbons (Fsp3) is 0.560. The van der Waals surface area contributed by atoms with E-state index in [1.807, 2.05) is 50.3 Å². The highest BCUT2D eigenvalue weighted by Gasteiger charge is 2.48. The standard InChI is InChI=1S/C25H33NO6S/c1-14(10-21-26-12-22(32-21)33-18-7-5-4-6-8-18)9-19-24(29)23(28)17(13-30-19)11-20-25(31-20)15(2)16(3)27/h4-8,10,12,15-17,19-20,23-25,27-29H,9,11,13H2,1-3H3/b14-10+/t15-,16-,17-,19-,20-,23+,24-,25-/m0/s1. The molecule has 2 saturated heterocycles. The molecule has 2 fully saturated rings. The Bertz CT molecular complexity index is 932. The van der Waals surface area contributed by atoms with E-state index in [1.165, 1.54) is 11.8 Å². The lowest BCUT2D eigenvalue weighted by Gasteiger charge is -2.38. The first kappa shape index (κ1) is 24.4. The average molecular weight is 476 g/mol. The van der Waals surface area contributed by atoms with Gasteiger partial charge < -0.3 is 29.2 Å². The molecule has 8 atom stereocenters. The van der Waals surface area contributed by atoms with Gasteiger partial charge in [0.15, 0.2) is 5.09 Å². The van der Waals surface area contributed by atoms with Gasteiger partial charge >= 0.3 is 0 Å². The molecule has 3 N–H and O–H groups in total. The number of nitrogens with zero attached hydrogens (tertiary/aromatic N) is 1. The van der Waals surface area contributed by atoms with Crippen LogP contribution in [0.25, 0.3) is 6.08 Å². The summed E-state index contributed by atoms with van der Waals surface area (Å²) in [5, 5.41) is 31.8. The van der Waals surface area contributed by atoms with Crippen molar-refractivity contribution in [2.75, 3.05) is 6.61 Å². The first-order chi connectivity index (χ1) is 15.8. The van der Waals surface area contributed by atoms with Gasteiger partial charge in [0.1, 0.15) is 6.10 Å². The summed E-state index contributed by atoms with van der Waals surface area (Å²) in [6, 6.07) is 9.95. The fourth-order valence-electron chi connectivity index (χ4n) is 4.29. The molecule has 0 aliphatic carbocycles. The molecule has 0 spiro atoms. The number of rotatable bonds is 9. The van der Waals surface area contributed by atoms with Crippen LogP contribution in [0.2, 0.25) is 0 Å². The Labute approximate surface area is 198 Å². The Balaban J connectivity index is 1.28. The molecule has 0 unspecified atom stereocenters. The smallest absolute Gasteiger partial charge is 0.220 e. The monoisotopic (exact) mass is 475 g/mol. The van der Waals surface area contributed by atoms with Crippen molar-refractivity contribution in [3.63, 3.8) is 0 Å². The van der Waals surface area contributed by atoms with Gasteiger partial charge in [-0.2, -0.15) is 0 Å². The molecule has 0 saturated carbocycles. The first-order valence-corrected chi connectivity index (χ1v) is 12.3. The topological polar surface area (TPSA) is 108 Å². The number of hydrogen-bond acceptors (Lipinski definition) is 8. The molecular formula is C25H33NO6S. The lowest BCUT2D eigenvalue weighted by Crippen LogP contribution is -2.50. The molecule has 0 amide bonds. The van der Waals surface area contributed by atoms with E-state index >= 15 is 0 Å².